The van der Waals surface area contributed by atoms with Crippen molar-refractivity contribution in [2.24, 2.45) is 4.99 Å². The van der Waals surface area contributed by atoms with E-state index in [1.54, 1.807) is 10.6 Å². The van der Waals surface area contributed by atoms with Gasteiger partial charge in [0.2, 0.25) is 5.91 Å². The number of rotatable bonds is 10. The minimum absolute atomic E-state index is 0.0111. The van der Waals surface area contributed by atoms with Crippen LogP contribution in [0.5, 0.6) is 5.75 Å². The zero-order valence-electron chi connectivity index (χ0n) is 20.1. The number of carbonyl (C=O) groups excluding carboxylic acids is 3. The number of thioether (sulfide) groups is 1. The van der Waals surface area contributed by atoms with Crippen molar-refractivity contribution < 1.29 is 23.9 Å². The lowest BCUT2D eigenvalue weighted by Gasteiger charge is -2.05. The monoisotopic (exact) mass is 556 g/mol. The summed E-state index contributed by atoms with van der Waals surface area (Å²) in [4.78, 5) is 45.9. The molecule has 0 atom stereocenters. The van der Waals surface area contributed by atoms with E-state index in [1.807, 2.05) is 54.8 Å². The van der Waals surface area contributed by atoms with E-state index < -0.39 is 11.9 Å². The first-order chi connectivity index (χ1) is 18.0. The van der Waals surface area contributed by atoms with Crippen LogP contribution in [0.15, 0.2) is 58.9 Å². The number of anilines is 1. The largest absolute Gasteiger partial charge is 0.494 e. The van der Waals surface area contributed by atoms with Crippen molar-refractivity contribution >= 4 is 67.6 Å². The SMILES string of the molecule is CCOc1ccc2c(c1)sc(=NC(=O)CSCC(=O)Nc1nc(-c3ccccc3)cs1)n2CC(=O)OC. The van der Waals surface area contributed by atoms with Crippen molar-refractivity contribution in [1.29, 1.82) is 0 Å². The number of nitrogens with one attached hydrogen (secondary N) is 1. The molecule has 2 heterocycles. The Morgan fingerprint density at radius 2 is 1.95 bits per heavy atom. The Balaban J connectivity index is 1.39. The number of hydrogen-bond acceptors (Lipinski definition) is 9. The van der Waals surface area contributed by atoms with Gasteiger partial charge in [0.15, 0.2) is 9.93 Å². The minimum atomic E-state index is -0.453. The molecule has 2 aromatic heterocycles. The lowest BCUT2D eigenvalue weighted by atomic mass is 10.2. The number of methoxy groups -OCH3 is 1. The molecule has 37 heavy (non-hydrogen) atoms. The zero-order chi connectivity index (χ0) is 26.2. The molecular weight excluding hydrogens is 532 g/mol. The van der Waals surface area contributed by atoms with Crippen molar-refractivity contribution in [2.75, 3.05) is 30.5 Å². The van der Waals surface area contributed by atoms with Gasteiger partial charge in [-0.2, -0.15) is 4.99 Å². The van der Waals surface area contributed by atoms with Crippen LogP contribution in [0, 0.1) is 0 Å². The zero-order valence-corrected chi connectivity index (χ0v) is 22.6. The van der Waals surface area contributed by atoms with Crippen LogP contribution < -0.4 is 14.9 Å². The highest BCUT2D eigenvalue weighted by atomic mass is 32.2. The van der Waals surface area contributed by atoms with Crippen LogP contribution in [0.3, 0.4) is 0 Å². The number of nitrogens with zero attached hydrogens (tertiary/aromatic N) is 3. The van der Waals surface area contributed by atoms with Gasteiger partial charge in [-0.15, -0.1) is 23.1 Å². The fraction of sp³-hybridized carbons (Fsp3) is 0.240. The van der Waals surface area contributed by atoms with Crippen LogP contribution in [-0.4, -0.2) is 52.6 Å². The van der Waals surface area contributed by atoms with Gasteiger partial charge in [-0.25, -0.2) is 4.98 Å². The fourth-order valence-electron chi connectivity index (χ4n) is 3.34. The standard InChI is InChI=1S/C25H24N4O5S3/c1-3-34-17-9-10-19-20(11-17)37-25(29(19)12-23(32)33-2)28-22(31)15-35-14-21(30)27-24-26-18(13-36-24)16-7-5-4-6-8-16/h4-11,13H,3,12,14-15H2,1-2H3,(H,26,27,30). The van der Waals surface area contributed by atoms with Crippen molar-refractivity contribution in [1.82, 2.24) is 9.55 Å². The number of benzene rings is 2. The molecule has 1 N–H and O–H groups in total. The van der Waals surface area contributed by atoms with Crippen LogP contribution in [0.2, 0.25) is 0 Å². The third-order valence-corrected chi connectivity index (χ3v) is 7.70. The van der Waals surface area contributed by atoms with Crippen LogP contribution in [0.4, 0.5) is 5.13 Å². The number of carbonyl (C=O) groups is 3. The number of fused-ring (bicyclic) bond motifs is 1. The number of amides is 2. The van der Waals surface area contributed by atoms with Gasteiger partial charge in [0, 0.05) is 10.9 Å². The lowest BCUT2D eigenvalue weighted by Crippen LogP contribution is -2.23. The van der Waals surface area contributed by atoms with Crippen LogP contribution in [-0.2, 0) is 25.7 Å². The van der Waals surface area contributed by atoms with E-state index in [0.717, 1.165) is 33.2 Å². The first-order valence-electron chi connectivity index (χ1n) is 11.3. The van der Waals surface area contributed by atoms with Crippen molar-refractivity contribution in [2.45, 2.75) is 13.5 Å². The van der Waals surface area contributed by atoms with Crippen molar-refractivity contribution in [3.8, 4) is 17.0 Å². The van der Waals surface area contributed by atoms with Gasteiger partial charge in [-0.1, -0.05) is 41.7 Å². The highest BCUT2D eigenvalue weighted by Crippen LogP contribution is 2.25. The molecule has 0 aliphatic heterocycles. The molecule has 0 saturated carbocycles. The molecule has 2 amide bonds. The Bertz CT molecular complexity index is 1480. The van der Waals surface area contributed by atoms with E-state index >= 15 is 0 Å². The summed E-state index contributed by atoms with van der Waals surface area (Å²) in [7, 11) is 1.31. The van der Waals surface area contributed by atoms with E-state index in [0.29, 0.717) is 22.3 Å². The maximum absolute atomic E-state index is 12.6. The summed E-state index contributed by atoms with van der Waals surface area (Å²) in [6.45, 7) is 2.34. The molecule has 0 radical (unpaired) electrons. The van der Waals surface area contributed by atoms with Gasteiger partial charge in [-0.3, -0.25) is 14.4 Å². The second kappa shape index (κ2) is 12.7. The Kier molecular flexibility index (Phi) is 9.09. The first kappa shape index (κ1) is 26.6. The van der Waals surface area contributed by atoms with Gasteiger partial charge < -0.3 is 19.4 Å². The summed E-state index contributed by atoms with van der Waals surface area (Å²) in [5, 5.41) is 5.15. The number of ether oxygens (including phenoxy) is 2. The van der Waals surface area contributed by atoms with Crippen LogP contribution in [0.25, 0.3) is 21.5 Å². The second-order valence-corrected chi connectivity index (χ2v) is 10.4. The second-order valence-electron chi connectivity index (χ2n) is 7.56. The number of esters is 1. The summed E-state index contributed by atoms with van der Waals surface area (Å²) in [5.41, 5.74) is 2.51. The Hall–Kier alpha value is -3.48. The van der Waals surface area contributed by atoms with E-state index in [2.05, 4.69) is 15.3 Å². The summed E-state index contributed by atoms with van der Waals surface area (Å²) < 4.78 is 12.8. The molecule has 192 valence electrons. The van der Waals surface area contributed by atoms with Gasteiger partial charge in [0.1, 0.15) is 12.3 Å². The highest BCUT2D eigenvalue weighted by Gasteiger charge is 2.14. The molecule has 0 unspecified atom stereocenters. The first-order valence-corrected chi connectivity index (χ1v) is 14.1. The predicted octanol–water partition coefficient (Wildman–Crippen LogP) is 4.20. The minimum Gasteiger partial charge on any atom is -0.494 e. The molecule has 2 aromatic carbocycles. The molecule has 0 aliphatic carbocycles. The molecule has 0 spiro atoms. The predicted molar refractivity (Wildman–Crippen MR) is 147 cm³/mol. The number of thiazole rings is 2. The van der Waals surface area contributed by atoms with E-state index in [4.69, 9.17) is 9.47 Å². The average molecular weight is 557 g/mol. The topological polar surface area (TPSA) is 112 Å². The molecule has 9 nitrogen and oxygen atoms in total. The van der Waals surface area contributed by atoms with Gasteiger partial charge >= 0.3 is 5.97 Å². The third kappa shape index (κ3) is 7.06. The molecular formula is C25H24N4O5S3. The third-order valence-electron chi connectivity index (χ3n) is 4.98. The fourth-order valence-corrected chi connectivity index (χ4v) is 5.75. The Labute approximate surface area is 225 Å². The van der Waals surface area contributed by atoms with Crippen molar-refractivity contribution in [3.05, 3.63) is 58.7 Å². The quantitative estimate of drug-likeness (QED) is 0.292. The maximum atomic E-state index is 12.6. The van der Waals surface area contributed by atoms with E-state index in [-0.39, 0.29) is 24.0 Å². The smallest absolute Gasteiger partial charge is 0.325 e. The molecule has 4 rings (SSSR count). The maximum Gasteiger partial charge on any atom is 0.325 e. The summed E-state index contributed by atoms with van der Waals surface area (Å²) >= 11 is 3.78. The van der Waals surface area contributed by atoms with Crippen LogP contribution >= 0.6 is 34.4 Å². The number of hydrogen-bond donors (Lipinski definition) is 1. The molecule has 4 aromatic rings. The van der Waals surface area contributed by atoms with Gasteiger partial charge in [0.05, 0.1) is 41.1 Å². The van der Waals surface area contributed by atoms with Crippen molar-refractivity contribution in [3.63, 3.8) is 0 Å². The molecule has 0 bridgehead atoms. The van der Waals surface area contributed by atoms with E-state index in [1.165, 1.54) is 29.8 Å². The van der Waals surface area contributed by atoms with Crippen LogP contribution in [0.1, 0.15) is 6.92 Å². The molecule has 0 fully saturated rings. The summed E-state index contributed by atoms with van der Waals surface area (Å²) in [6.07, 6.45) is 0. The lowest BCUT2D eigenvalue weighted by molar-refractivity contribution is -0.141. The average Bonchev–Trinajstić information content (AvgIpc) is 3.49. The van der Waals surface area contributed by atoms with Gasteiger partial charge in [0.25, 0.3) is 5.91 Å². The highest BCUT2D eigenvalue weighted by molar-refractivity contribution is 8.00. The molecule has 0 aliphatic rings. The Morgan fingerprint density at radius 1 is 1.14 bits per heavy atom. The normalized spacial score (nSPS) is 11.5. The number of aromatic nitrogens is 2. The summed E-state index contributed by atoms with van der Waals surface area (Å²) in [6, 6.07) is 15.2. The Morgan fingerprint density at radius 3 is 2.70 bits per heavy atom. The molecule has 12 heteroatoms. The van der Waals surface area contributed by atoms with Gasteiger partial charge in [-0.05, 0) is 25.1 Å². The van der Waals surface area contributed by atoms with E-state index in [9.17, 15) is 14.4 Å². The summed E-state index contributed by atoms with van der Waals surface area (Å²) in [5.74, 6) is -0.333. The molecule has 0 saturated heterocycles.